The van der Waals surface area contributed by atoms with E-state index in [9.17, 15) is 0 Å². The molecule has 0 spiro atoms. The smallest absolute Gasteiger partial charge is 0.128 e. The van der Waals surface area contributed by atoms with Gasteiger partial charge in [0.05, 0.1) is 28.3 Å². The van der Waals surface area contributed by atoms with E-state index < -0.39 is 0 Å². The first-order valence-corrected chi connectivity index (χ1v) is 5.90. The first-order valence-electron chi connectivity index (χ1n) is 5.90. The quantitative estimate of drug-likeness (QED) is 0.447. The van der Waals surface area contributed by atoms with E-state index in [1.54, 1.807) is 7.11 Å². The molecule has 1 aromatic carbocycles. The van der Waals surface area contributed by atoms with Crippen LogP contribution in [0.2, 0.25) is 0 Å². The molecule has 0 saturated carbocycles. The molecule has 1 rings (SSSR count). The van der Waals surface area contributed by atoms with Gasteiger partial charge in [0.15, 0.2) is 0 Å². The number of rotatable bonds is 4. The predicted molar refractivity (Wildman–Crippen MR) is 72.4 cm³/mol. The van der Waals surface area contributed by atoms with Crippen LogP contribution in [-0.4, -0.2) is 38.6 Å². The molecule has 3 heteroatoms. The van der Waals surface area contributed by atoms with Crippen molar-refractivity contribution in [3.05, 3.63) is 29.8 Å². The summed E-state index contributed by atoms with van der Waals surface area (Å²) in [6.07, 6.45) is 0. The van der Waals surface area contributed by atoms with E-state index in [0.29, 0.717) is 10.5 Å². The van der Waals surface area contributed by atoms with Crippen molar-refractivity contribution in [1.29, 1.82) is 0 Å². The van der Waals surface area contributed by atoms with Gasteiger partial charge in [-0.1, -0.05) is 31.1 Å². The maximum absolute atomic E-state index is 5.40. The molecule has 0 aliphatic carbocycles. The number of hydrogen-bond acceptors (Lipinski definition) is 2. The third-order valence-corrected chi connectivity index (χ3v) is 2.34. The topological polar surface area (TPSA) is 21.6 Å². The fourth-order valence-corrected chi connectivity index (χ4v) is 1.66. The maximum atomic E-state index is 5.40. The van der Waals surface area contributed by atoms with Crippen molar-refractivity contribution in [1.82, 2.24) is 0 Å². The first-order chi connectivity index (χ1) is 7.85. The Hall–Kier alpha value is -1.35. The Morgan fingerprint density at radius 3 is 2.24 bits per heavy atom. The van der Waals surface area contributed by atoms with Gasteiger partial charge in [-0.05, 0) is 12.1 Å². The molecule has 1 aromatic rings. The second kappa shape index (κ2) is 5.32. The molecule has 17 heavy (non-hydrogen) atoms. The van der Waals surface area contributed by atoms with Gasteiger partial charge in [0.2, 0.25) is 0 Å². The highest BCUT2D eigenvalue weighted by molar-refractivity contribution is 6.03. The van der Waals surface area contributed by atoms with Gasteiger partial charge in [-0.2, -0.15) is 0 Å². The van der Waals surface area contributed by atoms with Crippen LogP contribution in [0.15, 0.2) is 29.4 Å². The van der Waals surface area contributed by atoms with E-state index in [1.165, 1.54) is 0 Å². The molecular formula is C14H23N2O+. The van der Waals surface area contributed by atoms with Crippen LogP contribution in [0.5, 0.6) is 5.75 Å². The molecule has 0 radical (unpaired) electrons. The fraction of sp³-hybridized carbons (Fsp3) is 0.500. The number of ether oxygens (including phenoxy) is 1. The summed E-state index contributed by atoms with van der Waals surface area (Å²) in [5.41, 5.74) is 2.16. The van der Waals surface area contributed by atoms with Gasteiger partial charge in [-0.15, -0.1) is 0 Å². The predicted octanol–water partition coefficient (Wildman–Crippen LogP) is 2.76. The third-order valence-electron chi connectivity index (χ3n) is 2.34. The van der Waals surface area contributed by atoms with Crippen LogP contribution in [-0.2, 0) is 0 Å². The molecular weight excluding hydrogens is 212 g/mol. The van der Waals surface area contributed by atoms with E-state index in [2.05, 4.69) is 41.1 Å². The van der Waals surface area contributed by atoms with Crippen LogP contribution in [0.25, 0.3) is 0 Å². The van der Waals surface area contributed by atoms with Gasteiger partial charge >= 0.3 is 0 Å². The minimum absolute atomic E-state index is 0.364. The highest BCUT2D eigenvalue weighted by Gasteiger charge is 2.18. The van der Waals surface area contributed by atoms with Crippen LogP contribution in [0.1, 0.15) is 19.4 Å². The summed E-state index contributed by atoms with van der Waals surface area (Å²) in [7, 11) is 7.86. The average molecular weight is 235 g/mol. The molecule has 0 unspecified atom stereocenters. The molecule has 0 atom stereocenters. The average Bonchev–Trinajstić information content (AvgIpc) is 2.24. The molecule has 3 nitrogen and oxygen atoms in total. The van der Waals surface area contributed by atoms with Crippen molar-refractivity contribution in [3.8, 4) is 5.75 Å². The lowest BCUT2D eigenvalue weighted by atomic mass is 9.99. The molecule has 0 amide bonds. The molecule has 0 aliphatic heterocycles. The van der Waals surface area contributed by atoms with Crippen LogP contribution in [0.3, 0.4) is 0 Å². The highest BCUT2D eigenvalue weighted by Crippen LogP contribution is 2.22. The van der Waals surface area contributed by atoms with Gasteiger partial charge < -0.3 is 4.74 Å². The van der Waals surface area contributed by atoms with Crippen LogP contribution in [0, 0.1) is 5.92 Å². The lowest BCUT2D eigenvalue weighted by Crippen LogP contribution is -2.30. The fourth-order valence-electron chi connectivity index (χ4n) is 1.66. The number of para-hydroxylation sites is 1. The van der Waals surface area contributed by atoms with Gasteiger partial charge in [0.25, 0.3) is 0 Å². The monoisotopic (exact) mass is 235 g/mol. The van der Waals surface area contributed by atoms with Crippen molar-refractivity contribution in [2.24, 2.45) is 11.0 Å². The normalized spacial score (nSPS) is 13.0. The summed E-state index contributed by atoms with van der Waals surface area (Å²) < 4.78 is 5.96. The molecule has 0 heterocycles. The number of methoxy groups -OCH3 is 1. The van der Waals surface area contributed by atoms with Crippen LogP contribution >= 0.6 is 0 Å². The van der Waals surface area contributed by atoms with Crippen molar-refractivity contribution < 1.29 is 9.33 Å². The summed E-state index contributed by atoms with van der Waals surface area (Å²) in [5, 5.41) is 4.76. The SMILES string of the molecule is COc1ccccc1C(=N[N+](C)(C)C)C(C)C. The van der Waals surface area contributed by atoms with E-state index >= 15 is 0 Å². The van der Waals surface area contributed by atoms with Crippen molar-refractivity contribution >= 4 is 5.71 Å². The lowest BCUT2D eigenvalue weighted by Gasteiger charge is -2.20. The first kappa shape index (κ1) is 13.7. The summed E-state index contributed by atoms with van der Waals surface area (Å²) in [6, 6.07) is 8.04. The largest absolute Gasteiger partial charge is 0.496 e. The lowest BCUT2D eigenvalue weighted by molar-refractivity contribution is -0.877. The Morgan fingerprint density at radius 1 is 1.18 bits per heavy atom. The van der Waals surface area contributed by atoms with E-state index in [0.717, 1.165) is 17.0 Å². The Kier molecular flexibility index (Phi) is 4.29. The summed E-state index contributed by atoms with van der Waals surface area (Å²) in [6.45, 7) is 4.31. The summed E-state index contributed by atoms with van der Waals surface area (Å²) in [4.78, 5) is 0. The second-order valence-corrected chi connectivity index (χ2v) is 5.28. The number of hydrogen-bond donors (Lipinski definition) is 0. The molecule has 0 bridgehead atoms. The van der Waals surface area contributed by atoms with Gasteiger partial charge in [0.1, 0.15) is 11.5 Å². The van der Waals surface area contributed by atoms with Crippen molar-refractivity contribution in [3.63, 3.8) is 0 Å². The molecule has 0 N–H and O–H groups in total. The molecule has 0 fully saturated rings. The second-order valence-electron chi connectivity index (χ2n) is 5.28. The Balaban J connectivity index is 3.29. The standard InChI is InChI=1S/C14H23N2O/c1-11(2)14(15-16(3,4)5)12-9-7-8-10-13(12)17-6/h7-11H,1-6H3/q+1. The van der Waals surface area contributed by atoms with Crippen LogP contribution < -0.4 is 4.74 Å². The zero-order chi connectivity index (χ0) is 13.1. The third kappa shape index (κ3) is 3.86. The molecule has 0 aliphatic rings. The Labute approximate surface area is 104 Å². The van der Waals surface area contributed by atoms with Crippen molar-refractivity contribution in [2.75, 3.05) is 28.3 Å². The minimum atomic E-state index is 0.364. The zero-order valence-corrected chi connectivity index (χ0v) is 11.7. The maximum Gasteiger partial charge on any atom is 0.128 e. The molecule has 94 valence electrons. The number of benzene rings is 1. The van der Waals surface area contributed by atoms with Crippen molar-refractivity contribution in [2.45, 2.75) is 13.8 Å². The Morgan fingerprint density at radius 2 is 1.76 bits per heavy atom. The minimum Gasteiger partial charge on any atom is -0.496 e. The molecule has 0 saturated heterocycles. The van der Waals surface area contributed by atoms with Gasteiger partial charge in [-0.25, -0.2) is 4.59 Å². The van der Waals surface area contributed by atoms with E-state index in [4.69, 9.17) is 9.84 Å². The van der Waals surface area contributed by atoms with Gasteiger partial charge in [-0.3, -0.25) is 0 Å². The van der Waals surface area contributed by atoms with E-state index in [-0.39, 0.29) is 0 Å². The summed E-state index contributed by atoms with van der Waals surface area (Å²) in [5.74, 6) is 1.25. The number of nitrogens with zero attached hydrogens (tertiary/aromatic N) is 2. The van der Waals surface area contributed by atoms with E-state index in [1.807, 2.05) is 18.2 Å². The zero-order valence-electron chi connectivity index (χ0n) is 11.7. The summed E-state index contributed by atoms with van der Waals surface area (Å²) >= 11 is 0. The molecule has 0 aromatic heterocycles. The number of quaternary nitrogens is 1. The Bertz CT molecular complexity index is 403. The van der Waals surface area contributed by atoms with Crippen LogP contribution in [0.4, 0.5) is 0 Å². The van der Waals surface area contributed by atoms with Gasteiger partial charge in [0, 0.05) is 11.5 Å². The highest BCUT2D eigenvalue weighted by atomic mass is 16.5.